The third-order valence-electron chi connectivity index (χ3n) is 4.24. The van der Waals surface area contributed by atoms with E-state index in [1.807, 2.05) is 0 Å². The van der Waals surface area contributed by atoms with Crippen molar-refractivity contribution in [1.29, 1.82) is 0 Å². The van der Waals surface area contributed by atoms with Gasteiger partial charge in [0, 0.05) is 0 Å². The van der Waals surface area contributed by atoms with Gasteiger partial charge in [-0.1, -0.05) is 0 Å². The molecule has 0 unspecified atom stereocenters. The molecule has 0 atom stereocenters. The molecule has 34 heavy (non-hydrogen) atoms. The smallest absolute Gasteiger partial charge is 0.333 e. The maximum Gasteiger partial charge on any atom is 0.333 e. The van der Waals surface area contributed by atoms with Crippen LogP contribution in [0.25, 0.3) is 11.1 Å². The Hall–Kier alpha value is -5.56. The van der Waals surface area contributed by atoms with E-state index in [2.05, 4.69) is 9.47 Å². The minimum Gasteiger partial charge on any atom is -0.485 e. The van der Waals surface area contributed by atoms with E-state index in [-0.39, 0.29) is 12.1 Å². The average molecular weight is 484 g/mol. The number of hydrogen-bond donors (Lipinski definition) is 0. The van der Waals surface area contributed by atoms with Crippen LogP contribution >= 0.6 is 0 Å². The fourth-order valence-corrected chi connectivity index (χ4v) is 3.05. The lowest BCUT2D eigenvalue weighted by Gasteiger charge is -2.11. The highest BCUT2D eigenvalue weighted by Crippen LogP contribution is 2.56. The lowest BCUT2D eigenvalue weighted by atomic mass is 9.95. The molecular weight excluding hydrogens is 476 g/mol. The number of methoxy groups -OCH3 is 2. The molecule has 20 nitrogen and oxygen atoms in total. The van der Waals surface area contributed by atoms with Crippen molar-refractivity contribution in [1.82, 2.24) is 0 Å². The van der Waals surface area contributed by atoms with Gasteiger partial charge in [0.2, 0.25) is 0 Å². The molecule has 0 saturated heterocycles. The van der Waals surface area contributed by atoms with Crippen molar-refractivity contribution in [2.45, 2.75) is 0 Å². The van der Waals surface area contributed by atoms with Crippen LogP contribution in [0.2, 0.25) is 0 Å². The van der Waals surface area contributed by atoms with E-state index < -0.39 is 86.3 Å². The Labute approximate surface area is 183 Å². The summed E-state index contributed by atoms with van der Waals surface area (Å²) in [7, 11) is 1.40. The summed E-state index contributed by atoms with van der Waals surface area (Å²) in [5.74, 6) is -2.45. The Kier molecular flexibility index (Phi) is 6.46. The zero-order chi connectivity index (χ0) is 26.1. The first kappa shape index (κ1) is 24.7. The molecule has 0 aliphatic carbocycles. The highest BCUT2D eigenvalue weighted by Gasteiger charge is 2.47. The minimum atomic E-state index is -1.61. The van der Waals surface area contributed by atoms with Crippen LogP contribution in [0.15, 0.2) is 12.1 Å². The largest absolute Gasteiger partial charge is 0.485 e. The van der Waals surface area contributed by atoms with Gasteiger partial charge in [-0.3, -0.25) is 60.7 Å². The molecule has 0 bridgehead atoms. The first-order valence-electron chi connectivity index (χ1n) is 8.16. The third kappa shape index (κ3) is 3.88. The lowest BCUT2D eigenvalue weighted by molar-refractivity contribution is -0.406. The standard InChI is InChI=1S/C14H8N6O14/c1-33-13-7(17(25)26)3-5(15(21)22)9(11(13)19(29)30)10-6(16(23)24)4-8(18(27)28)14(34-2)12(10)20(31)32/h3-4H,1-2H3. The molecule has 0 spiro atoms. The quantitative estimate of drug-likeness (QED) is 0.365. The molecule has 0 amide bonds. The van der Waals surface area contributed by atoms with E-state index in [9.17, 15) is 60.7 Å². The number of nitrogens with zero attached hydrogens (tertiary/aromatic N) is 6. The minimum absolute atomic E-state index is 0.141. The zero-order valence-corrected chi connectivity index (χ0v) is 16.6. The van der Waals surface area contributed by atoms with Crippen LogP contribution in [-0.2, 0) is 0 Å². The second-order valence-corrected chi connectivity index (χ2v) is 5.89. The highest BCUT2D eigenvalue weighted by atomic mass is 16.7. The van der Waals surface area contributed by atoms with Crippen LogP contribution in [0, 0.1) is 60.7 Å². The molecular formula is C14H8N6O14. The lowest BCUT2D eigenvalue weighted by Crippen LogP contribution is -2.08. The summed E-state index contributed by atoms with van der Waals surface area (Å²) in [5.41, 5.74) is -11.8. The SMILES string of the molecule is COc1c([N+](=O)[O-])cc([N+](=O)[O-])c(-c2c([N+](=O)[O-])cc([N+](=O)[O-])c(OC)c2[N+](=O)[O-])c1[N+](=O)[O-]. The molecule has 0 heterocycles. The van der Waals surface area contributed by atoms with Crippen molar-refractivity contribution < 1.29 is 39.0 Å². The van der Waals surface area contributed by atoms with Gasteiger partial charge >= 0.3 is 22.7 Å². The van der Waals surface area contributed by atoms with E-state index in [1.54, 1.807) is 0 Å². The maximum atomic E-state index is 11.8. The number of nitro benzene ring substituents is 6. The number of benzene rings is 2. The van der Waals surface area contributed by atoms with E-state index in [1.165, 1.54) is 0 Å². The maximum absolute atomic E-state index is 11.8. The average Bonchev–Trinajstić information content (AvgIpc) is 2.74. The summed E-state index contributed by atoms with van der Waals surface area (Å²) < 4.78 is 9.26. The summed E-state index contributed by atoms with van der Waals surface area (Å²) in [4.78, 5) is 61.3. The van der Waals surface area contributed by atoms with Crippen molar-refractivity contribution >= 4 is 34.1 Å². The molecule has 2 rings (SSSR count). The van der Waals surface area contributed by atoms with Gasteiger partial charge in [0.25, 0.3) is 22.9 Å². The van der Waals surface area contributed by atoms with Crippen molar-refractivity contribution in [3.05, 3.63) is 72.8 Å². The summed E-state index contributed by atoms with van der Waals surface area (Å²) in [5, 5.41) is 69.6. The van der Waals surface area contributed by atoms with Crippen LogP contribution in [0.3, 0.4) is 0 Å². The Balaban J connectivity index is 3.44. The fraction of sp³-hybridized carbons (Fsp3) is 0.143. The molecule has 0 saturated carbocycles. The fourth-order valence-electron chi connectivity index (χ4n) is 3.05. The van der Waals surface area contributed by atoms with Crippen molar-refractivity contribution in [2.75, 3.05) is 14.2 Å². The molecule has 20 heteroatoms. The van der Waals surface area contributed by atoms with Crippen molar-refractivity contribution in [2.24, 2.45) is 0 Å². The second kappa shape index (κ2) is 8.89. The number of nitro groups is 6. The Morgan fingerprint density at radius 2 is 0.765 bits per heavy atom. The summed E-state index contributed by atoms with van der Waals surface area (Å²) >= 11 is 0. The van der Waals surface area contributed by atoms with Gasteiger partial charge in [-0.15, -0.1) is 0 Å². The van der Waals surface area contributed by atoms with E-state index >= 15 is 0 Å². The van der Waals surface area contributed by atoms with Gasteiger partial charge in [-0.2, -0.15) is 0 Å². The van der Waals surface area contributed by atoms with Gasteiger partial charge in [0.1, 0.15) is 0 Å². The third-order valence-corrected chi connectivity index (χ3v) is 4.24. The van der Waals surface area contributed by atoms with Crippen LogP contribution < -0.4 is 9.47 Å². The molecule has 0 fully saturated rings. The Bertz CT molecular complexity index is 1210. The number of rotatable bonds is 9. The first-order chi connectivity index (χ1) is 15.8. The number of ether oxygens (including phenoxy) is 2. The van der Waals surface area contributed by atoms with Crippen molar-refractivity contribution in [3.63, 3.8) is 0 Å². The molecule has 0 N–H and O–H groups in total. The van der Waals surface area contributed by atoms with Crippen LogP contribution in [0.4, 0.5) is 34.1 Å². The zero-order valence-electron chi connectivity index (χ0n) is 16.6. The molecule has 2 aromatic rings. The van der Waals surface area contributed by atoms with Gasteiger partial charge in [0.15, 0.2) is 11.1 Å². The molecule has 0 aliphatic heterocycles. The van der Waals surface area contributed by atoms with E-state index in [4.69, 9.17) is 0 Å². The van der Waals surface area contributed by atoms with Crippen LogP contribution in [0.5, 0.6) is 11.5 Å². The second-order valence-electron chi connectivity index (χ2n) is 5.89. The van der Waals surface area contributed by atoms with Crippen molar-refractivity contribution in [3.8, 4) is 22.6 Å². The summed E-state index contributed by atoms with van der Waals surface area (Å²) in [6.45, 7) is 0. The van der Waals surface area contributed by atoms with Gasteiger partial charge in [-0.05, 0) is 0 Å². The van der Waals surface area contributed by atoms with Gasteiger partial charge < -0.3 is 9.47 Å². The van der Waals surface area contributed by atoms with E-state index in [0.717, 1.165) is 0 Å². The van der Waals surface area contributed by atoms with Gasteiger partial charge in [-0.25, -0.2) is 0 Å². The van der Waals surface area contributed by atoms with E-state index in [0.29, 0.717) is 14.2 Å². The Morgan fingerprint density at radius 3 is 0.941 bits per heavy atom. The summed E-state index contributed by atoms with van der Waals surface area (Å²) in [6.07, 6.45) is 0. The Morgan fingerprint density at radius 1 is 0.500 bits per heavy atom. The topological polar surface area (TPSA) is 277 Å². The number of hydrogen-bond acceptors (Lipinski definition) is 14. The molecule has 0 radical (unpaired) electrons. The predicted molar refractivity (Wildman–Crippen MR) is 105 cm³/mol. The predicted octanol–water partition coefficient (Wildman–Crippen LogP) is 2.82. The molecule has 0 aliphatic rings. The van der Waals surface area contributed by atoms with Crippen LogP contribution in [0.1, 0.15) is 0 Å². The molecule has 178 valence electrons. The van der Waals surface area contributed by atoms with Gasteiger partial charge in [0.05, 0.1) is 55.9 Å². The molecule has 0 aromatic heterocycles. The summed E-state index contributed by atoms with van der Waals surface area (Å²) in [6, 6.07) is 0.283. The van der Waals surface area contributed by atoms with Crippen LogP contribution in [-0.4, -0.2) is 43.8 Å². The highest BCUT2D eigenvalue weighted by molar-refractivity contribution is 5.99. The monoisotopic (exact) mass is 484 g/mol. The molecule has 2 aromatic carbocycles. The first-order valence-corrected chi connectivity index (χ1v) is 8.16. The normalized spacial score (nSPS) is 10.3.